The van der Waals surface area contributed by atoms with Gasteiger partial charge in [0.15, 0.2) is 0 Å². The molecule has 0 radical (unpaired) electrons. The number of aryl methyl sites for hydroxylation is 1. The largest absolute Gasteiger partial charge is 0.308 e. The van der Waals surface area contributed by atoms with Crippen LogP contribution in [0.5, 0.6) is 0 Å². The normalized spacial score (nSPS) is 24.8. The van der Waals surface area contributed by atoms with Crippen LogP contribution in [0.3, 0.4) is 0 Å². The van der Waals surface area contributed by atoms with Crippen molar-refractivity contribution in [2.45, 2.75) is 25.3 Å². The van der Waals surface area contributed by atoms with Crippen LogP contribution in [0, 0.1) is 0 Å². The first-order valence-electron chi connectivity index (χ1n) is 4.83. The summed E-state index contributed by atoms with van der Waals surface area (Å²) < 4.78 is 0. The molecule has 1 aromatic rings. The van der Waals surface area contributed by atoms with Gasteiger partial charge in [0.05, 0.1) is 11.7 Å². The van der Waals surface area contributed by atoms with Crippen LogP contribution in [0.4, 0.5) is 5.69 Å². The molecular formula is C10H13N3. The van der Waals surface area contributed by atoms with Crippen LogP contribution in [-0.2, 0) is 6.42 Å². The van der Waals surface area contributed by atoms with E-state index >= 15 is 0 Å². The Labute approximate surface area is 77.5 Å². The first kappa shape index (κ1) is 7.35. The number of rotatable bonds is 0. The highest BCUT2D eigenvalue weighted by atomic mass is 15.6. The maximum absolute atomic E-state index is 3.26. The quantitative estimate of drug-likeness (QED) is 0.559. The maximum Gasteiger partial charge on any atom is 0.0552 e. The van der Waals surface area contributed by atoms with Gasteiger partial charge in [0.2, 0.25) is 0 Å². The van der Waals surface area contributed by atoms with E-state index in [-0.39, 0.29) is 0 Å². The van der Waals surface area contributed by atoms with Crippen LogP contribution >= 0.6 is 0 Å². The third-order valence-corrected chi connectivity index (χ3v) is 2.93. The van der Waals surface area contributed by atoms with Crippen LogP contribution in [0.2, 0.25) is 0 Å². The fraction of sp³-hybridized carbons (Fsp3) is 0.400. The maximum atomic E-state index is 3.26. The molecule has 1 aliphatic carbocycles. The zero-order valence-corrected chi connectivity index (χ0v) is 7.43. The molecule has 3 heteroatoms. The fourth-order valence-electron chi connectivity index (χ4n) is 2.33. The lowest BCUT2D eigenvalue weighted by atomic mass is 9.86. The van der Waals surface area contributed by atoms with Crippen molar-refractivity contribution in [3.05, 3.63) is 29.3 Å². The molecule has 0 spiro atoms. The Morgan fingerprint density at radius 3 is 3.31 bits per heavy atom. The number of hydrogen-bond acceptors (Lipinski definition) is 3. The minimum absolute atomic E-state index is 0.501. The van der Waals surface area contributed by atoms with Crippen LogP contribution in [0.15, 0.2) is 18.2 Å². The van der Waals surface area contributed by atoms with E-state index in [1.54, 1.807) is 0 Å². The number of hydrogen-bond donors (Lipinski definition) is 3. The van der Waals surface area contributed by atoms with E-state index in [9.17, 15) is 0 Å². The van der Waals surface area contributed by atoms with Crippen molar-refractivity contribution in [2.75, 3.05) is 5.43 Å². The summed E-state index contributed by atoms with van der Waals surface area (Å²) in [4.78, 5) is 0. The molecule has 2 aliphatic rings. The Bertz CT molecular complexity index is 307. The predicted molar refractivity (Wildman–Crippen MR) is 52.0 cm³/mol. The van der Waals surface area contributed by atoms with Gasteiger partial charge < -0.3 is 5.43 Å². The second-order valence-electron chi connectivity index (χ2n) is 3.72. The van der Waals surface area contributed by atoms with Gasteiger partial charge in [0, 0.05) is 0 Å². The summed E-state index contributed by atoms with van der Waals surface area (Å²) in [6.07, 6.45) is 3.75. The third kappa shape index (κ3) is 1.04. The van der Waals surface area contributed by atoms with Crippen LogP contribution in [0.25, 0.3) is 0 Å². The zero-order valence-electron chi connectivity index (χ0n) is 7.43. The molecule has 68 valence electrons. The van der Waals surface area contributed by atoms with Gasteiger partial charge in [-0.2, -0.15) is 5.53 Å². The topological polar surface area (TPSA) is 36.1 Å². The SMILES string of the molecule is c1cc2c3c(c1)NNNC3CCC2. The molecule has 13 heavy (non-hydrogen) atoms. The van der Waals surface area contributed by atoms with Crippen molar-refractivity contribution >= 4 is 5.69 Å². The Balaban J connectivity index is 2.18. The molecule has 1 aliphatic heterocycles. The summed E-state index contributed by atoms with van der Waals surface area (Å²) in [5.41, 5.74) is 13.6. The molecule has 1 aromatic carbocycles. The minimum Gasteiger partial charge on any atom is -0.308 e. The van der Waals surface area contributed by atoms with Gasteiger partial charge in [-0.25, -0.2) is 5.43 Å². The Morgan fingerprint density at radius 2 is 2.31 bits per heavy atom. The molecule has 0 saturated heterocycles. The average molecular weight is 175 g/mol. The van der Waals surface area contributed by atoms with Gasteiger partial charge in [-0.05, 0) is 36.5 Å². The highest BCUT2D eigenvalue weighted by Crippen LogP contribution is 2.35. The van der Waals surface area contributed by atoms with Crippen LogP contribution in [0.1, 0.15) is 30.0 Å². The zero-order chi connectivity index (χ0) is 8.67. The lowest BCUT2D eigenvalue weighted by Crippen LogP contribution is -2.45. The second kappa shape index (κ2) is 2.72. The molecule has 3 N–H and O–H groups in total. The second-order valence-corrected chi connectivity index (χ2v) is 3.72. The molecule has 3 rings (SSSR count). The van der Waals surface area contributed by atoms with Crippen molar-refractivity contribution < 1.29 is 0 Å². The highest BCUT2D eigenvalue weighted by molar-refractivity contribution is 5.57. The Hall–Kier alpha value is -1.06. The smallest absolute Gasteiger partial charge is 0.0552 e. The van der Waals surface area contributed by atoms with Crippen molar-refractivity contribution in [2.24, 2.45) is 0 Å². The predicted octanol–water partition coefficient (Wildman–Crippen LogP) is 1.50. The highest BCUT2D eigenvalue weighted by Gasteiger charge is 2.25. The molecule has 0 fully saturated rings. The van der Waals surface area contributed by atoms with Gasteiger partial charge in [0.25, 0.3) is 0 Å². The van der Waals surface area contributed by atoms with E-state index in [0.717, 1.165) is 0 Å². The summed E-state index contributed by atoms with van der Waals surface area (Å²) >= 11 is 0. The lowest BCUT2D eigenvalue weighted by molar-refractivity contribution is 0.401. The third-order valence-electron chi connectivity index (χ3n) is 2.93. The molecular weight excluding hydrogens is 162 g/mol. The first-order chi connectivity index (χ1) is 6.45. The van der Waals surface area contributed by atoms with Gasteiger partial charge in [0.1, 0.15) is 0 Å². The van der Waals surface area contributed by atoms with Gasteiger partial charge in [-0.3, -0.25) is 0 Å². The molecule has 3 nitrogen and oxygen atoms in total. The van der Waals surface area contributed by atoms with Gasteiger partial charge in [-0.1, -0.05) is 12.1 Å². The molecule has 0 saturated carbocycles. The van der Waals surface area contributed by atoms with E-state index in [1.807, 2.05) is 0 Å². The number of anilines is 1. The van der Waals surface area contributed by atoms with E-state index in [1.165, 1.54) is 36.1 Å². The monoisotopic (exact) mass is 175 g/mol. The van der Waals surface area contributed by atoms with Crippen LogP contribution in [-0.4, -0.2) is 0 Å². The van der Waals surface area contributed by atoms with Crippen molar-refractivity contribution in [1.29, 1.82) is 0 Å². The summed E-state index contributed by atoms with van der Waals surface area (Å²) in [6, 6.07) is 6.99. The molecule has 1 atom stereocenters. The molecule has 1 unspecified atom stereocenters. The van der Waals surface area contributed by atoms with E-state index in [4.69, 9.17) is 0 Å². The summed E-state index contributed by atoms with van der Waals surface area (Å²) in [6.45, 7) is 0. The minimum atomic E-state index is 0.501. The molecule has 1 heterocycles. The Morgan fingerprint density at radius 1 is 1.31 bits per heavy atom. The molecule has 0 aromatic heterocycles. The number of hydrazine groups is 2. The van der Waals surface area contributed by atoms with Gasteiger partial charge in [-0.15, -0.1) is 0 Å². The molecule has 0 bridgehead atoms. The number of benzene rings is 1. The Kier molecular flexibility index (Phi) is 1.54. The lowest BCUT2D eigenvalue weighted by Gasteiger charge is -2.33. The number of nitrogens with one attached hydrogen (secondary N) is 3. The van der Waals surface area contributed by atoms with Crippen molar-refractivity contribution in [3.63, 3.8) is 0 Å². The summed E-state index contributed by atoms with van der Waals surface area (Å²) in [7, 11) is 0. The first-order valence-corrected chi connectivity index (χ1v) is 4.83. The van der Waals surface area contributed by atoms with E-state index in [2.05, 4.69) is 34.6 Å². The van der Waals surface area contributed by atoms with Crippen molar-refractivity contribution in [3.8, 4) is 0 Å². The van der Waals surface area contributed by atoms with E-state index in [0.29, 0.717) is 6.04 Å². The van der Waals surface area contributed by atoms with Crippen molar-refractivity contribution in [1.82, 2.24) is 11.0 Å². The van der Waals surface area contributed by atoms with Crippen LogP contribution < -0.4 is 16.4 Å². The van der Waals surface area contributed by atoms with E-state index < -0.39 is 0 Å². The summed E-state index contributed by atoms with van der Waals surface area (Å²) in [5, 5.41) is 0. The standard InChI is InChI=1S/C10H13N3/c1-3-7-4-2-6-9-10(7)8(5-1)11-13-12-9/h1,3,5,9,11-13H,2,4,6H2. The fourth-order valence-corrected chi connectivity index (χ4v) is 2.33. The average Bonchev–Trinajstić information content (AvgIpc) is 2.19. The molecule has 0 amide bonds. The summed E-state index contributed by atoms with van der Waals surface area (Å²) in [5.74, 6) is 0. The van der Waals surface area contributed by atoms with Gasteiger partial charge >= 0.3 is 0 Å².